The van der Waals surface area contributed by atoms with Gasteiger partial charge in [0.2, 0.25) is 0 Å². The Morgan fingerprint density at radius 3 is 2.39 bits per heavy atom. The Labute approximate surface area is 186 Å². The quantitative estimate of drug-likeness (QED) is 0.505. The number of aromatic nitrogens is 3. The number of rotatable bonds is 4. The number of anilines is 1. The number of ether oxygens (including phenoxy) is 1. The number of aromatic amines is 1. The maximum absolute atomic E-state index is 6.33. The van der Waals surface area contributed by atoms with Crippen LogP contribution in [-0.4, -0.2) is 60.4 Å². The van der Waals surface area contributed by atoms with Gasteiger partial charge in [-0.1, -0.05) is 23.7 Å². The second-order valence-corrected chi connectivity index (χ2v) is 8.29. The molecule has 7 heteroatoms. The van der Waals surface area contributed by atoms with E-state index in [0.717, 1.165) is 59.6 Å². The van der Waals surface area contributed by atoms with Crippen molar-refractivity contribution in [1.29, 1.82) is 0 Å². The van der Waals surface area contributed by atoms with Crippen LogP contribution in [0.15, 0.2) is 54.7 Å². The zero-order valence-corrected chi connectivity index (χ0v) is 18.4. The molecular weight excluding hydrogens is 410 g/mol. The summed E-state index contributed by atoms with van der Waals surface area (Å²) in [6.45, 7) is 4.32. The molecule has 1 saturated heterocycles. The van der Waals surface area contributed by atoms with E-state index < -0.39 is 0 Å². The maximum atomic E-state index is 6.33. The predicted octanol–water partition coefficient (Wildman–Crippen LogP) is 4.71. The van der Waals surface area contributed by atoms with Gasteiger partial charge in [0.25, 0.3) is 0 Å². The average molecular weight is 434 g/mol. The summed E-state index contributed by atoms with van der Waals surface area (Å²) in [6.07, 6.45) is 1.89. The molecule has 3 heterocycles. The van der Waals surface area contributed by atoms with Gasteiger partial charge in [-0.3, -0.25) is 5.10 Å². The van der Waals surface area contributed by atoms with Crippen molar-refractivity contribution in [3.8, 4) is 28.1 Å². The molecular formula is C24H24ClN5O. The second-order valence-electron chi connectivity index (χ2n) is 7.88. The smallest absolute Gasteiger partial charge is 0.155 e. The number of piperazine rings is 1. The third kappa shape index (κ3) is 3.84. The summed E-state index contributed by atoms with van der Waals surface area (Å²) in [6, 6.07) is 16.5. The number of hydrogen-bond donors (Lipinski definition) is 1. The summed E-state index contributed by atoms with van der Waals surface area (Å²) < 4.78 is 5.26. The molecule has 0 saturated carbocycles. The molecule has 0 bridgehead atoms. The summed E-state index contributed by atoms with van der Waals surface area (Å²) in [5.74, 6) is 0.643. The van der Waals surface area contributed by atoms with Gasteiger partial charge in [0.1, 0.15) is 11.4 Å². The van der Waals surface area contributed by atoms with Crippen molar-refractivity contribution in [3.05, 3.63) is 59.8 Å². The molecule has 2 aromatic heterocycles. The Kier molecular flexibility index (Phi) is 5.26. The fraction of sp³-hybridized carbons (Fsp3) is 0.250. The Morgan fingerprint density at radius 1 is 0.935 bits per heavy atom. The number of nitrogens with zero attached hydrogens (tertiary/aromatic N) is 4. The van der Waals surface area contributed by atoms with Crippen molar-refractivity contribution in [2.75, 3.05) is 45.2 Å². The maximum Gasteiger partial charge on any atom is 0.155 e. The molecule has 0 atom stereocenters. The standard InChI is InChI=1S/C24H24ClN5O/c1-29-9-11-30(12-10-29)19-6-3-16(4-7-19)18-13-20-23(27-28-24(20)26-15-18)17-5-8-22(31-2)21(25)14-17/h3-8,13-15H,9-12H2,1-2H3,(H,26,27,28). The third-order valence-corrected chi connectivity index (χ3v) is 6.21. The molecule has 0 aliphatic carbocycles. The van der Waals surface area contributed by atoms with Crippen molar-refractivity contribution in [1.82, 2.24) is 20.1 Å². The summed E-state index contributed by atoms with van der Waals surface area (Å²) >= 11 is 6.33. The van der Waals surface area contributed by atoms with Crippen molar-refractivity contribution < 1.29 is 4.74 Å². The van der Waals surface area contributed by atoms with Gasteiger partial charge in [0.05, 0.1) is 12.1 Å². The van der Waals surface area contributed by atoms with Crippen LogP contribution in [0, 0.1) is 0 Å². The normalized spacial score (nSPS) is 14.9. The number of methoxy groups -OCH3 is 1. The minimum absolute atomic E-state index is 0.555. The number of pyridine rings is 1. The van der Waals surface area contributed by atoms with E-state index in [1.165, 1.54) is 5.69 Å². The minimum atomic E-state index is 0.555. The Balaban J connectivity index is 1.46. The van der Waals surface area contributed by atoms with Gasteiger partial charge in [0.15, 0.2) is 5.65 Å². The molecule has 0 unspecified atom stereocenters. The van der Waals surface area contributed by atoms with Gasteiger partial charge in [-0.05, 0) is 49.0 Å². The van der Waals surface area contributed by atoms with E-state index in [9.17, 15) is 0 Å². The summed E-state index contributed by atoms with van der Waals surface area (Å²) in [4.78, 5) is 9.39. The molecule has 1 aliphatic rings. The van der Waals surface area contributed by atoms with Gasteiger partial charge in [-0.25, -0.2) is 4.98 Å². The summed E-state index contributed by atoms with van der Waals surface area (Å²) in [5.41, 5.74) is 5.94. The van der Waals surface area contributed by atoms with Crippen LogP contribution in [-0.2, 0) is 0 Å². The largest absolute Gasteiger partial charge is 0.495 e. The average Bonchev–Trinajstić information content (AvgIpc) is 3.23. The van der Waals surface area contributed by atoms with E-state index in [1.807, 2.05) is 24.4 Å². The van der Waals surface area contributed by atoms with E-state index in [4.69, 9.17) is 16.3 Å². The molecule has 5 rings (SSSR count). The number of hydrogen-bond acceptors (Lipinski definition) is 5. The van der Waals surface area contributed by atoms with E-state index in [0.29, 0.717) is 10.8 Å². The molecule has 1 aliphatic heterocycles. The minimum Gasteiger partial charge on any atom is -0.495 e. The molecule has 31 heavy (non-hydrogen) atoms. The van der Waals surface area contributed by atoms with Crippen molar-refractivity contribution in [2.45, 2.75) is 0 Å². The highest BCUT2D eigenvalue weighted by atomic mass is 35.5. The van der Waals surface area contributed by atoms with Crippen LogP contribution in [0.1, 0.15) is 0 Å². The number of halogens is 1. The van der Waals surface area contributed by atoms with Crippen molar-refractivity contribution in [2.24, 2.45) is 0 Å². The van der Waals surface area contributed by atoms with Crippen molar-refractivity contribution >= 4 is 28.3 Å². The van der Waals surface area contributed by atoms with Gasteiger partial charge in [0, 0.05) is 54.6 Å². The molecule has 4 aromatic rings. The van der Waals surface area contributed by atoms with E-state index in [-0.39, 0.29) is 0 Å². The van der Waals surface area contributed by atoms with Crippen LogP contribution in [0.25, 0.3) is 33.4 Å². The molecule has 0 amide bonds. The van der Waals surface area contributed by atoms with Crippen LogP contribution >= 0.6 is 11.6 Å². The van der Waals surface area contributed by atoms with Gasteiger partial charge < -0.3 is 14.5 Å². The highest BCUT2D eigenvalue weighted by Crippen LogP contribution is 2.34. The molecule has 1 N–H and O–H groups in total. The zero-order valence-electron chi connectivity index (χ0n) is 17.6. The summed E-state index contributed by atoms with van der Waals surface area (Å²) in [7, 11) is 3.78. The third-order valence-electron chi connectivity index (χ3n) is 5.91. The van der Waals surface area contributed by atoms with Crippen molar-refractivity contribution in [3.63, 3.8) is 0 Å². The van der Waals surface area contributed by atoms with E-state index in [1.54, 1.807) is 7.11 Å². The fourth-order valence-corrected chi connectivity index (χ4v) is 4.28. The van der Waals surface area contributed by atoms with Gasteiger partial charge in [-0.2, -0.15) is 5.10 Å². The first-order valence-electron chi connectivity index (χ1n) is 10.3. The molecule has 6 nitrogen and oxygen atoms in total. The molecule has 0 spiro atoms. The first kappa shape index (κ1) is 19.8. The monoisotopic (exact) mass is 433 g/mol. The summed E-state index contributed by atoms with van der Waals surface area (Å²) in [5, 5.41) is 9.02. The van der Waals surface area contributed by atoms with Gasteiger partial charge in [-0.15, -0.1) is 0 Å². The van der Waals surface area contributed by atoms with Gasteiger partial charge >= 0.3 is 0 Å². The van der Waals surface area contributed by atoms with Crippen LogP contribution in [0.5, 0.6) is 5.75 Å². The van der Waals surface area contributed by atoms with E-state index in [2.05, 4.69) is 62.4 Å². The number of H-pyrrole nitrogens is 1. The SMILES string of the molecule is COc1ccc(-c2n[nH]c3ncc(-c4ccc(N5CCN(C)CC5)cc4)cc23)cc1Cl. The lowest BCUT2D eigenvalue weighted by molar-refractivity contribution is 0.313. The lowest BCUT2D eigenvalue weighted by atomic mass is 10.0. The molecule has 158 valence electrons. The highest BCUT2D eigenvalue weighted by molar-refractivity contribution is 6.32. The van der Waals surface area contributed by atoms with Crippen LogP contribution in [0.2, 0.25) is 5.02 Å². The fourth-order valence-electron chi connectivity index (χ4n) is 4.02. The van der Waals surface area contributed by atoms with E-state index >= 15 is 0 Å². The molecule has 1 fully saturated rings. The molecule has 0 radical (unpaired) electrons. The number of benzene rings is 2. The highest BCUT2D eigenvalue weighted by Gasteiger charge is 2.15. The van der Waals surface area contributed by atoms with Crippen LogP contribution in [0.3, 0.4) is 0 Å². The Morgan fingerprint density at radius 2 is 1.68 bits per heavy atom. The lowest BCUT2D eigenvalue weighted by Gasteiger charge is -2.34. The predicted molar refractivity (Wildman–Crippen MR) is 126 cm³/mol. The molecule has 2 aromatic carbocycles. The Bertz CT molecular complexity index is 1210. The lowest BCUT2D eigenvalue weighted by Crippen LogP contribution is -2.44. The van der Waals surface area contributed by atoms with Crippen LogP contribution in [0.4, 0.5) is 5.69 Å². The number of nitrogens with one attached hydrogen (secondary N) is 1. The Hall–Kier alpha value is -3.09. The first-order valence-corrected chi connectivity index (χ1v) is 10.7. The second kappa shape index (κ2) is 8.21. The zero-order chi connectivity index (χ0) is 21.4. The number of likely N-dealkylation sites (N-methyl/N-ethyl adjacent to an activating group) is 1. The van der Waals surface area contributed by atoms with Crippen LogP contribution < -0.4 is 9.64 Å². The first-order chi connectivity index (χ1) is 15.1. The number of fused-ring (bicyclic) bond motifs is 1. The topological polar surface area (TPSA) is 57.3 Å².